The SMILES string of the molecule is CN(c1cccc(F)c1)c1ccc2c(C3=Cc4nccc(C(=O)O)c4C3)n(C)nc2c1. The molecule has 0 radical (unpaired) electrons. The average Bonchev–Trinajstić information content (AvgIpc) is 3.31. The number of anilines is 2. The number of carbonyl (C=O) groups is 1. The second-order valence-corrected chi connectivity index (χ2v) is 7.59. The number of benzene rings is 2. The third-order valence-electron chi connectivity index (χ3n) is 5.70. The Hall–Kier alpha value is -4.00. The van der Waals surface area contributed by atoms with Crippen LogP contribution in [0.25, 0.3) is 22.6 Å². The molecule has 1 aliphatic rings. The van der Waals surface area contributed by atoms with Crippen molar-refractivity contribution in [3.8, 4) is 0 Å². The number of hydrogen-bond acceptors (Lipinski definition) is 4. The van der Waals surface area contributed by atoms with Crippen molar-refractivity contribution in [3.63, 3.8) is 0 Å². The van der Waals surface area contributed by atoms with Crippen LogP contribution in [0, 0.1) is 5.82 Å². The summed E-state index contributed by atoms with van der Waals surface area (Å²) in [5, 5.41) is 15.1. The Morgan fingerprint density at radius 3 is 2.74 bits per heavy atom. The van der Waals surface area contributed by atoms with E-state index in [4.69, 9.17) is 0 Å². The second kappa shape index (κ2) is 7.05. The van der Waals surface area contributed by atoms with Gasteiger partial charge in [-0.3, -0.25) is 9.67 Å². The molecule has 0 unspecified atom stereocenters. The van der Waals surface area contributed by atoms with Crippen LogP contribution in [0.4, 0.5) is 15.8 Å². The number of pyridine rings is 1. The molecule has 0 atom stereocenters. The minimum atomic E-state index is -0.951. The van der Waals surface area contributed by atoms with Gasteiger partial charge in [-0.2, -0.15) is 5.10 Å². The summed E-state index contributed by atoms with van der Waals surface area (Å²) in [4.78, 5) is 17.8. The van der Waals surface area contributed by atoms with Crippen LogP contribution in [0.2, 0.25) is 0 Å². The highest BCUT2D eigenvalue weighted by Gasteiger charge is 2.24. The summed E-state index contributed by atoms with van der Waals surface area (Å²) < 4.78 is 15.4. The van der Waals surface area contributed by atoms with Gasteiger partial charge in [0.2, 0.25) is 0 Å². The largest absolute Gasteiger partial charge is 0.478 e. The van der Waals surface area contributed by atoms with E-state index in [1.165, 1.54) is 24.4 Å². The van der Waals surface area contributed by atoms with Gasteiger partial charge in [0, 0.05) is 43.5 Å². The van der Waals surface area contributed by atoms with Crippen LogP contribution in [0.15, 0.2) is 54.7 Å². The van der Waals surface area contributed by atoms with E-state index in [1.54, 1.807) is 6.07 Å². The standard InChI is InChI=1S/C24H19FN4O2/c1-28(16-5-3-4-15(25)12-16)17-6-7-19-22(13-17)27-29(2)23(19)14-10-20-18(24(30)31)8-9-26-21(20)11-14/h3-9,11-13H,10H2,1-2H3,(H,30,31). The van der Waals surface area contributed by atoms with E-state index in [-0.39, 0.29) is 11.4 Å². The monoisotopic (exact) mass is 414 g/mol. The molecule has 0 aliphatic heterocycles. The number of hydrogen-bond donors (Lipinski definition) is 1. The van der Waals surface area contributed by atoms with Gasteiger partial charge in [-0.25, -0.2) is 9.18 Å². The smallest absolute Gasteiger partial charge is 0.336 e. The number of aromatic nitrogens is 3. The molecule has 0 saturated heterocycles. The molecule has 1 aliphatic carbocycles. The number of allylic oxidation sites excluding steroid dienone is 1. The molecule has 2 heterocycles. The Morgan fingerprint density at radius 2 is 1.97 bits per heavy atom. The summed E-state index contributed by atoms with van der Waals surface area (Å²) in [6.45, 7) is 0. The van der Waals surface area contributed by atoms with Gasteiger partial charge in [0.05, 0.1) is 22.5 Å². The minimum Gasteiger partial charge on any atom is -0.478 e. The van der Waals surface area contributed by atoms with Crippen LogP contribution >= 0.6 is 0 Å². The van der Waals surface area contributed by atoms with E-state index in [0.29, 0.717) is 12.1 Å². The fourth-order valence-electron chi connectivity index (χ4n) is 4.19. The van der Waals surface area contributed by atoms with E-state index in [1.807, 2.05) is 54.0 Å². The van der Waals surface area contributed by atoms with Crippen molar-refractivity contribution in [3.05, 3.63) is 83.1 Å². The zero-order chi connectivity index (χ0) is 21.7. The predicted molar refractivity (Wildman–Crippen MR) is 118 cm³/mol. The van der Waals surface area contributed by atoms with Crippen molar-refractivity contribution in [1.29, 1.82) is 0 Å². The van der Waals surface area contributed by atoms with Gasteiger partial charge in [-0.1, -0.05) is 6.07 Å². The number of aryl methyl sites for hydroxylation is 1. The summed E-state index contributed by atoms with van der Waals surface area (Å²) in [7, 11) is 3.76. The van der Waals surface area contributed by atoms with Crippen molar-refractivity contribution in [1.82, 2.24) is 14.8 Å². The summed E-state index contributed by atoms with van der Waals surface area (Å²) in [5.41, 5.74) is 6.05. The van der Waals surface area contributed by atoms with Crippen LogP contribution in [-0.4, -0.2) is 32.9 Å². The number of aromatic carboxylic acids is 1. The van der Waals surface area contributed by atoms with Crippen LogP contribution in [0.1, 0.15) is 27.3 Å². The highest BCUT2D eigenvalue weighted by atomic mass is 19.1. The van der Waals surface area contributed by atoms with E-state index in [0.717, 1.165) is 39.1 Å². The van der Waals surface area contributed by atoms with Crippen molar-refractivity contribution < 1.29 is 14.3 Å². The van der Waals surface area contributed by atoms with Crippen molar-refractivity contribution in [2.24, 2.45) is 7.05 Å². The molecule has 0 bridgehead atoms. The molecule has 0 saturated carbocycles. The van der Waals surface area contributed by atoms with Gasteiger partial charge in [0.1, 0.15) is 5.82 Å². The number of fused-ring (bicyclic) bond motifs is 2. The molecule has 5 rings (SSSR count). The van der Waals surface area contributed by atoms with Crippen LogP contribution in [0.3, 0.4) is 0 Å². The first-order chi connectivity index (χ1) is 14.9. The summed E-state index contributed by atoms with van der Waals surface area (Å²) in [5.74, 6) is -1.24. The molecular weight excluding hydrogens is 395 g/mol. The van der Waals surface area contributed by atoms with Crippen LogP contribution in [-0.2, 0) is 13.5 Å². The highest BCUT2D eigenvalue weighted by molar-refractivity contribution is 6.01. The molecule has 6 nitrogen and oxygen atoms in total. The van der Waals surface area contributed by atoms with Gasteiger partial charge in [-0.05, 0) is 59.7 Å². The Labute approximate surface area is 177 Å². The number of carboxylic acid groups (broad SMARTS) is 1. The quantitative estimate of drug-likeness (QED) is 0.525. The van der Waals surface area contributed by atoms with Crippen molar-refractivity contribution in [2.45, 2.75) is 6.42 Å². The maximum atomic E-state index is 13.6. The van der Waals surface area contributed by atoms with E-state index >= 15 is 0 Å². The molecule has 7 heteroatoms. The molecule has 1 N–H and O–H groups in total. The third kappa shape index (κ3) is 3.15. The average molecular weight is 414 g/mol. The summed E-state index contributed by atoms with van der Waals surface area (Å²) >= 11 is 0. The van der Waals surface area contributed by atoms with Gasteiger partial charge in [-0.15, -0.1) is 0 Å². The lowest BCUT2D eigenvalue weighted by atomic mass is 10.0. The zero-order valence-electron chi connectivity index (χ0n) is 17.0. The molecule has 2 aromatic carbocycles. The van der Waals surface area contributed by atoms with Crippen LogP contribution in [0.5, 0.6) is 0 Å². The molecular formula is C24H19FN4O2. The Bertz CT molecular complexity index is 1390. The molecule has 0 fully saturated rings. The highest BCUT2D eigenvalue weighted by Crippen LogP contribution is 2.37. The fraction of sp³-hybridized carbons (Fsp3) is 0.125. The molecule has 4 aromatic rings. The summed E-state index contributed by atoms with van der Waals surface area (Å²) in [6.07, 6.45) is 3.95. The number of halogens is 1. The normalized spacial score (nSPS) is 12.7. The van der Waals surface area contributed by atoms with Gasteiger partial charge in [0.25, 0.3) is 0 Å². The number of carboxylic acids is 1. The Kier molecular flexibility index (Phi) is 4.32. The lowest BCUT2D eigenvalue weighted by Gasteiger charge is -2.19. The van der Waals surface area contributed by atoms with Gasteiger partial charge >= 0.3 is 5.97 Å². The lowest BCUT2D eigenvalue weighted by Crippen LogP contribution is -2.09. The first kappa shape index (κ1) is 19.0. The molecule has 154 valence electrons. The predicted octanol–water partition coefficient (Wildman–Crippen LogP) is 4.67. The topological polar surface area (TPSA) is 71.2 Å². The van der Waals surface area contributed by atoms with E-state index in [2.05, 4.69) is 10.1 Å². The lowest BCUT2D eigenvalue weighted by molar-refractivity contribution is 0.0695. The Balaban J connectivity index is 1.54. The molecule has 2 aromatic heterocycles. The Morgan fingerprint density at radius 1 is 1.16 bits per heavy atom. The fourth-order valence-corrected chi connectivity index (χ4v) is 4.19. The van der Waals surface area contributed by atoms with E-state index in [9.17, 15) is 14.3 Å². The zero-order valence-corrected chi connectivity index (χ0v) is 17.0. The van der Waals surface area contributed by atoms with Crippen LogP contribution < -0.4 is 4.90 Å². The van der Waals surface area contributed by atoms with Crippen molar-refractivity contribution in [2.75, 3.05) is 11.9 Å². The maximum absolute atomic E-state index is 13.6. The maximum Gasteiger partial charge on any atom is 0.336 e. The molecule has 0 spiro atoms. The van der Waals surface area contributed by atoms with Crippen molar-refractivity contribution >= 4 is 39.9 Å². The number of nitrogens with zero attached hydrogens (tertiary/aromatic N) is 4. The minimum absolute atomic E-state index is 0.279. The molecule has 31 heavy (non-hydrogen) atoms. The molecule has 0 amide bonds. The van der Waals surface area contributed by atoms with Gasteiger partial charge < -0.3 is 10.0 Å². The number of rotatable bonds is 4. The first-order valence-corrected chi connectivity index (χ1v) is 9.80. The summed E-state index contributed by atoms with van der Waals surface area (Å²) in [6, 6.07) is 13.9. The first-order valence-electron chi connectivity index (χ1n) is 9.80. The second-order valence-electron chi connectivity index (χ2n) is 7.59. The third-order valence-corrected chi connectivity index (χ3v) is 5.70. The van der Waals surface area contributed by atoms with Gasteiger partial charge in [0.15, 0.2) is 0 Å². The van der Waals surface area contributed by atoms with E-state index < -0.39 is 5.97 Å².